The minimum Gasteiger partial charge on any atom is -0.436 e. The van der Waals surface area contributed by atoms with Gasteiger partial charge < -0.3 is 9.73 Å². The lowest BCUT2D eigenvalue weighted by Crippen LogP contribution is -2.08. The highest BCUT2D eigenvalue weighted by Gasteiger charge is 2.13. The maximum atomic E-state index is 12.5. The van der Waals surface area contributed by atoms with Gasteiger partial charge in [-0.25, -0.2) is 4.98 Å². The highest BCUT2D eigenvalue weighted by molar-refractivity contribution is 6.04. The predicted octanol–water partition coefficient (Wildman–Crippen LogP) is 6.58. The van der Waals surface area contributed by atoms with Crippen LogP contribution in [0.5, 0.6) is 0 Å². The quantitative estimate of drug-likeness (QED) is 0.388. The van der Waals surface area contributed by atoms with Gasteiger partial charge in [-0.2, -0.15) is 0 Å². The fourth-order valence-electron chi connectivity index (χ4n) is 3.27. The number of aryl methyl sites for hydroxylation is 1. The summed E-state index contributed by atoms with van der Waals surface area (Å²) in [5.74, 6) is 0.765. The molecular formula is C26H24N2O2. The van der Waals surface area contributed by atoms with Gasteiger partial charge in [0.05, 0.1) is 11.3 Å². The molecule has 0 unspecified atom stereocenters. The number of oxazole rings is 1. The average Bonchev–Trinajstić information content (AvgIpc) is 3.16. The number of para-hydroxylation sites is 1. The molecular weight excluding hydrogens is 372 g/mol. The molecule has 0 bridgehead atoms. The van der Waals surface area contributed by atoms with Crippen LogP contribution in [0.25, 0.3) is 28.6 Å². The van der Waals surface area contributed by atoms with Gasteiger partial charge in [0.1, 0.15) is 5.52 Å². The zero-order chi connectivity index (χ0) is 21.1. The van der Waals surface area contributed by atoms with Gasteiger partial charge >= 0.3 is 0 Å². The van der Waals surface area contributed by atoms with E-state index in [-0.39, 0.29) is 5.91 Å². The summed E-state index contributed by atoms with van der Waals surface area (Å²) < 4.78 is 5.91. The number of aromatic nitrogens is 1. The second kappa shape index (κ2) is 8.37. The molecule has 1 heterocycles. The number of fused-ring (bicyclic) bond motifs is 1. The number of carbonyl (C=O) groups excluding carboxylic acids is 1. The zero-order valence-electron chi connectivity index (χ0n) is 17.3. The summed E-state index contributed by atoms with van der Waals surface area (Å²) in [5.41, 5.74) is 6.31. The molecule has 0 radical (unpaired) electrons. The molecule has 0 aliphatic rings. The Morgan fingerprint density at radius 2 is 1.80 bits per heavy atom. The second-order valence-corrected chi connectivity index (χ2v) is 7.68. The SMILES string of the molecule is Cc1ccc2oc(-c3ccccc3NC(=O)C=Cc3ccc(C(C)C)cc3)nc2c1. The van der Waals surface area contributed by atoms with Crippen LogP contribution in [-0.4, -0.2) is 10.9 Å². The molecule has 1 aromatic heterocycles. The molecule has 1 amide bonds. The van der Waals surface area contributed by atoms with Crippen molar-refractivity contribution in [1.82, 2.24) is 4.98 Å². The standard InChI is InChI=1S/C26H24N2O2/c1-17(2)20-12-9-19(10-13-20)11-15-25(29)27-22-7-5-4-6-21(22)26-28-23-16-18(3)8-14-24(23)30-26/h4-17H,1-3H3,(H,27,29). The Kier molecular flexibility index (Phi) is 5.48. The fraction of sp³-hybridized carbons (Fsp3) is 0.154. The van der Waals surface area contributed by atoms with E-state index in [4.69, 9.17) is 4.42 Å². The van der Waals surface area contributed by atoms with Crippen LogP contribution in [0.4, 0.5) is 5.69 Å². The highest BCUT2D eigenvalue weighted by atomic mass is 16.3. The molecule has 150 valence electrons. The van der Waals surface area contributed by atoms with Gasteiger partial charge in [0, 0.05) is 6.08 Å². The molecule has 0 spiro atoms. The summed E-state index contributed by atoms with van der Waals surface area (Å²) in [6.07, 6.45) is 3.35. The van der Waals surface area contributed by atoms with Crippen molar-refractivity contribution in [2.75, 3.05) is 5.32 Å². The number of hydrogen-bond donors (Lipinski definition) is 1. The summed E-state index contributed by atoms with van der Waals surface area (Å²) in [5, 5.41) is 2.94. The summed E-state index contributed by atoms with van der Waals surface area (Å²) in [6, 6.07) is 21.6. The van der Waals surface area contributed by atoms with Crippen LogP contribution < -0.4 is 5.32 Å². The van der Waals surface area contributed by atoms with Crippen molar-refractivity contribution in [2.24, 2.45) is 0 Å². The molecule has 30 heavy (non-hydrogen) atoms. The van der Waals surface area contributed by atoms with E-state index in [2.05, 4.69) is 36.3 Å². The minimum atomic E-state index is -0.206. The van der Waals surface area contributed by atoms with Crippen molar-refractivity contribution < 1.29 is 9.21 Å². The first-order chi connectivity index (χ1) is 14.5. The van der Waals surface area contributed by atoms with E-state index in [1.165, 1.54) is 11.6 Å². The summed E-state index contributed by atoms with van der Waals surface area (Å²) in [7, 11) is 0. The lowest BCUT2D eigenvalue weighted by Gasteiger charge is -2.07. The number of benzene rings is 3. The molecule has 0 saturated carbocycles. The van der Waals surface area contributed by atoms with Crippen molar-refractivity contribution >= 4 is 28.8 Å². The zero-order valence-corrected chi connectivity index (χ0v) is 17.3. The molecule has 0 saturated heterocycles. The summed E-state index contributed by atoms with van der Waals surface area (Å²) in [6.45, 7) is 6.34. The lowest BCUT2D eigenvalue weighted by molar-refractivity contribution is -0.111. The Bertz CT molecular complexity index is 1220. The summed E-state index contributed by atoms with van der Waals surface area (Å²) >= 11 is 0. The third kappa shape index (κ3) is 4.33. The van der Waals surface area contributed by atoms with Crippen LogP contribution in [0.2, 0.25) is 0 Å². The van der Waals surface area contributed by atoms with Gasteiger partial charge in [-0.3, -0.25) is 4.79 Å². The fourth-order valence-corrected chi connectivity index (χ4v) is 3.27. The average molecular weight is 396 g/mol. The van der Waals surface area contributed by atoms with Gasteiger partial charge in [0.15, 0.2) is 5.58 Å². The summed E-state index contributed by atoms with van der Waals surface area (Å²) in [4.78, 5) is 17.1. The van der Waals surface area contributed by atoms with Gasteiger partial charge in [-0.05, 0) is 59.9 Å². The van der Waals surface area contributed by atoms with Crippen molar-refractivity contribution in [2.45, 2.75) is 26.7 Å². The number of nitrogens with zero attached hydrogens (tertiary/aromatic N) is 1. The molecule has 1 N–H and O–H groups in total. The van der Waals surface area contributed by atoms with E-state index >= 15 is 0 Å². The van der Waals surface area contributed by atoms with Gasteiger partial charge in [0.25, 0.3) is 0 Å². The maximum absolute atomic E-state index is 12.5. The molecule has 4 rings (SSSR count). The van der Waals surface area contributed by atoms with Crippen LogP contribution >= 0.6 is 0 Å². The number of carbonyl (C=O) groups is 1. The van der Waals surface area contributed by atoms with Crippen LogP contribution in [0, 0.1) is 6.92 Å². The lowest BCUT2D eigenvalue weighted by atomic mass is 10.0. The Morgan fingerprint density at radius 3 is 2.57 bits per heavy atom. The molecule has 0 atom stereocenters. The monoisotopic (exact) mass is 396 g/mol. The molecule has 4 heteroatoms. The van der Waals surface area contributed by atoms with Crippen LogP contribution in [0.15, 0.2) is 77.2 Å². The number of anilines is 1. The smallest absolute Gasteiger partial charge is 0.248 e. The van der Waals surface area contributed by atoms with Crippen molar-refractivity contribution in [1.29, 1.82) is 0 Å². The van der Waals surface area contributed by atoms with E-state index in [0.29, 0.717) is 17.5 Å². The molecule has 4 aromatic rings. The van der Waals surface area contributed by atoms with E-state index < -0.39 is 0 Å². The number of rotatable bonds is 5. The van der Waals surface area contributed by atoms with Gasteiger partial charge in [-0.15, -0.1) is 0 Å². The van der Waals surface area contributed by atoms with Gasteiger partial charge in [0.2, 0.25) is 11.8 Å². The third-order valence-corrected chi connectivity index (χ3v) is 4.99. The molecule has 3 aromatic carbocycles. The second-order valence-electron chi connectivity index (χ2n) is 7.68. The van der Waals surface area contributed by atoms with E-state index in [1.54, 1.807) is 0 Å². The first-order valence-corrected chi connectivity index (χ1v) is 10.1. The number of nitrogens with one attached hydrogen (secondary N) is 1. The van der Waals surface area contributed by atoms with E-state index in [0.717, 1.165) is 27.8 Å². The highest BCUT2D eigenvalue weighted by Crippen LogP contribution is 2.30. The Hall–Kier alpha value is -3.66. The molecule has 0 fully saturated rings. The van der Waals surface area contributed by atoms with E-state index in [1.807, 2.05) is 67.6 Å². The van der Waals surface area contributed by atoms with Crippen LogP contribution in [-0.2, 0) is 4.79 Å². The number of amides is 1. The molecule has 4 nitrogen and oxygen atoms in total. The van der Waals surface area contributed by atoms with Gasteiger partial charge in [-0.1, -0.05) is 56.3 Å². The first-order valence-electron chi connectivity index (χ1n) is 10.1. The number of hydrogen-bond acceptors (Lipinski definition) is 3. The van der Waals surface area contributed by atoms with E-state index in [9.17, 15) is 4.79 Å². The maximum Gasteiger partial charge on any atom is 0.248 e. The Labute approximate surface area is 176 Å². The largest absolute Gasteiger partial charge is 0.436 e. The third-order valence-electron chi connectivity index (χ3n) is 4.99. The Balaban J connectivity index is 1.54. The molecule has 0 aliphatic carbocycles. The predicted molar refractivity (Wildman–Crippen MR) is 122 cm³/mol. The van der Waals surface area contributed by atoms with Crippen molar-refractivity contribution in [3.63, 3.8) is 0 Å². The van der Waals surface area contributed by atoms with Crippen LogP contribution in [0.1, 0.15) is 36.5 Å². The Morgan fingerprint density at radius 1 is 1.03 bits per heavy atom. The minimum absolute atomic E-state index is 0.206. The van der Waals surface area contributed by atoms with Crippen LogP contribution in [0.3, 0.4) is 0 Å². The van der Waals surface area contributed by atoms with Crippen molar-refractivity contribution in [3.05, 3.63) is 89.5 Å². The van der Waals surface area contributed by atoms with Crippen molar-refractivity contribution in [3.8, 4) is 11.5 Å². The molecule has 0 aliphatic heterocycles. The normalized spacial score (nSPS) is 11.5. The topological polar surface area (TPSA) is 55.1 Å². The first kappa shape index (κ1) is 19.6.